The van der Waals surface area contributed by atoms with Crippen molar-refractivity contribution < 1.29 is 4.79 Å². The van der Waals surface area contributed by atoms with Crippen LogP contribution in [0.4, 0.5) is 11.4 Å². The molecule has 0 atom stereocenters. The highest BCUT2D eigenvalue weighted by Gasteiger charge is 2.17. The Bertz CT molecular complexity index is 707. The van der Waals surface area contributed by atoms with Crippen LogP contribution in [0.3, 0.4) is 0 Å². The van der Waals surface area contributed by atoms with E-state index in [9.17, 15) is 4.79 Å². The number of nitrogen functional groups attached to an aromatic ring is 1. The number of carbonyl (C=O) groups is 1. The van der Waals surface area contributed by atoms with E-state index in [1.54, 1.807) is 49.5 Å². The van der Waals surface area contributed by atoms with Crippen LogP contribution in [-0.2, 0) is 0 Å². The van der Waals surface area contributed by atoms with Crippen LogP contribution in [0.25, 0.3) is 0 Å². The SMILES string of the molecule is CN(C(=O)c1cccc(N)c1Cl)c1cccc(C#N)c1. The van der Waals surface area contributed by atoms with Gasteiger partial charge in [-0.15, -0.1) is 0 Å². The molecule has 0 aliphatic rings. The maximum Gasteiger partial charge on any atom is 0.259 e. The van der Waals surface area contributed by atoms with E-state index in [1.807, 2.05) is 6.07 Å². The molecule has 2 aromatic carbocycles. The van der Waals surface area contributed by atoms with Crippen molar-refractivity contribution in [3.05, 3.63) is 58.6 Å². The first-order valence-electron chi connectivity index (χ1n) is 5.87. The van der Waals surface area contributed by atoms with Gasteiger partial charge in [-0.3, -0.25) is 4.79 Å². The third-order valence-corrected chi connectivity index (χ3v) is 3.35. The van der Waals surface area contributed by atoms with Gasteiger partial charge in [0.25, 0.3) is 5.91 Å². The molecule has 0 saturated heterocycles. The fourth-order valence-corrected chi connectivity index (χ4v) is 2.00. The van der Waals surface area contributed by atoms with Gasteiger partial charge in [0.15, 0.2) is 0 Å². The zero-order valence-electron chi connectivity index (χ0n) is 10.8. The minimum absolute atomic E-state index is 0.237. The number of nitrogens with two attached hydrogens (primary N) is 1. The van der Waals surface area contributed by atoms with Gasteiger partial charge in [-0.1, -0.05) is 23.7 Å². The molecule has 0 spiro atoms. The van der Waals surface area contributed by atoms with E-state index in [-0.39, 0.29) is 10.9 Å². The second-order valence-electron chi connectivity index (χ2n) is 4.24. The Labute approximate surface area is 122 Å². The Morgan fingerprint density at radius 2 is 2.00 bits per heavy atom. The Balaban J connectivity index is 2.38. The molecule has 0 bridgehead atoms. The van der Waals surface area contributed by atoms with Crippen LogP contribution in [0.5, 0.6) is 0 Å². The van der Waals surface area contributed by atoms with E-state index in [0.29, 0.717) is 22.5 Å². The maximum atomic E-state index is 12.4. The van der Waals surface area contributed by atoms with Gasteiger partial charge < -0.3 is 10.6 Å². The molecule has 0 saturated carbocycles. The van der Waals surface area contributed by atoms with Crippen molar-refractivity contribution in [2.45, 2.75) is 0 Å². The van der Waals surface area contributed by atoms with Gasteiger partial charge in [0.05, 0.1) is 27.9 Å². The second-order valence-corrected chi connectivity index (χ2v) is 4.61. The predicted octanol–water partition coefficient (Wildman–Crippen LogP) is 3.07. The molecule has 0 heterocycles. The number of rotatable bonds is 2. The third-order valence-electron chi connectivity index (χ3n) is 2.93. The molecule has 0 radical (unpaired) electrons. The summed E-state index contributed by atoms with van der Waals surface area (Å²) >= 11 is 6.05. The van der Waals surface area contributed by atoms with Crippen LogP contribution in [0.1, 0.15) is 15.9 Å². The zero-order valence-corrected chi connectivity index (χ0v) is 11.6. The van der Waals surface area contributed by atoms with Crippen molar-refractivity contribution in [3.63, 3.8) is 0 Å². The summed E-state index contributed by atoms with van der Waals surface area (Å²) in [5.74, 6) is -0.280. The van der Waals surface area contributed by atoms with E-state index in [1.165, 1.54) is 4.90 Å². The topological polar surface area (TPSA) is 70.1 Å². The number of nitriles is 1. The summed E-state index contributed by atoms with van der Waals surface area (Å²) in [6.07, 6.45) is 0. The van der Waals surface area contributed by atoms with E-state index in [0.717, 1.165) is 0 Å². The standard InChI is InChI=1S/C15H12ClN3O/c1-19(11-5-2-4-10(8-11)9-17)15(20)12-6-3-7-13(18)14(12)16/h2-8H,18H2,1H3. The van der Waals surface area contributed by atoms with Crippen molar-refractivity contribution >= 4 is 28.9 Å². The molecule has 0 aliphatic heterocycles. The van der Waals surface area contributed by atoms with Crippen LogP contribution < -0.4 is 10.6 Å². The minimum atomic E-state index is -0.280. The summed E-state index contributed by atoms with van der Waals surface area (Å²) in [4.78, 5) is 13.9. The van der Waals surface area contributed by atoms with E-state index < -0.39 is 0 Å². The van der Waals surface area contributed by atoms with Gasteiger partial charge in [0.2, 0.25) is 0 Å². The van der Waals surface area contributed by atoms with Crippen molar-refractivity contribution in [1.82, 2.24) is 0 Å². The first-order chi connectivity index (χ1) is 9.54. The van der Waals surface area contributed by atoms with Gasteiger partial charge in [0.1, 0.15) is 0 Å². The molecule has 2 aromatic rings. The monoisotopic (exact) mass is 285 g/mol. The van der Waals surface area contributed by atoms with Gasteiger partial charge in [0, 0.05) is 12.7 Å². The molecular formula is C15H12ClN3O. The highest BCUT2D eigenvalue weighted by atomic mass is 35.5. The predicted molar refractivity (Wildman–Crippen MR) is 79.8 cm³/mol. The van der Waals surface area contributed by atoms with Crippen LogP contribution >= 0.6 is 11.6 Å². The first kappa shape index (κ1) is 13.9. The van der Waals surface area contributed by atoms with Crippen LogP contribution in [-0.4, -0.2) is 13.0 Å². The van der Waals surface area contributed by atoms with Crippen molar-refractivity contribution in [2.24, 2.45) is 0 Å². The first-order valence-corrected chi connectivity index (χ1v) is 6.24. The average Bonchev–Trinajstić information content (AvgIpc) is 2.48. The van der Waals surface area contributed by atoms with Crippen molar-refractivity contribution in [3.8, 4) is 6.07 Å². The van der Waals surface area contributed by atoms with Gasteiger partial charge >= 0.3 is 0 Å². The van der Waals surface area contributed by atoms with E-state index in [2.05, 4.69) is 0 Å². The molecule has 0 unspecified atom stereocenters. The van der Waals surface area contributed by atoms with Crippen LogP contribution in [0.2, 0.25) is 5.02 Å². The molecule has 0 aliphatic carbocycles. The Morgan fingerprint density at radius 1 is 1.30 bits per heavy atom. The molecule has 2 N–H and O–H groups in total. The third kappa shape index (κ3) is 2.58. The number of amides is 1. The summed E-state index contributed by atoms with van der Waals surface area (Å²) in [7, 11) is 1.62. The molecule has 0 aromatic heterocycles. The quantitative estimate of drug-likeness (QED) is 0.862. The Kier molecular flexibility index (Phi) is 3.92. The van der Waals surface area contributed by atoms with Crippen molar-refractivity contribution in [1.29, 1.82) is 5.26 Å². The van der Waals surface area contributed by atoms with Gasteiger partial charge in [-0.05, 0) is 30.3 Å². The second kappa shape index (κ2) is 5.64. The summed E-state index contributed by atoms with van der Waals surface area (Å²) in [6, 6.07) is 13.7. The Hall–Kier alpha value is -2.51. The summed E-state index contributed by atoms with van der Waals surface area (Å²) in [5, 5.41) is 9.13. The van der Waals surface area contributed by atoms with E-state index >= 15 is 0 Å². The fraction of sp³-hybridized carbons (Fsp3) is 0.0667. The lowest BCUT2D eigenvalue weighted by atomic mass is 10.1. The number of carbonyl (C=O) groups excluding carboxylic acids is 1. The maximum absolute atomic E-state index is 12.4. The highest BCUT2D eigenvalue weighted by Crippen LogP contribution is 2.26. The normalized spacial score (nSPS) is 9.85. The lowest BCUT2D eigenvalue weighted by molar-refractivity contribution is 0.0993. The minimum Gasteiger partial charge on any atom is -0.398 e. The molecule has 0 fully saturated rings. The molecule has 20 heavy (non-hydrogen) atoms. The number of halogens is 1. The summed E-state index contributed by atoms with van der Waals surface area (Å²) < 4.78 is 0. The van der Waals surface area contributed by atoms with Crippen molar-refractivity contribution in [2.75, 3.05) is 17.7 Å². The van der Waals surface area contributed by atoms with E-state index in [4.69, 9.17) is 22.6 Å². The average molecular weight is 286 g/mol. The molecule has 100 valence electrons. The zero-order chi connectivity index (χ0) is 14.7. The highest BCUT2D eigenvalue weighted by molar-refractivity contribution is 6.36. The molecule has 1 amide bonds. The van der Waals surface area contributed by atoms with Crippen LogP contribution in [0.15, 0.2) is 42.5 Å². The van der Waals surface area contributed by atoms with Gasteiger partial charge in [-0.25, -0.2) is 0 Å². The molecular weight excluding hydrogens is 274 g/mol. The lowest BCUT2D eigenvalue weighted by Crippen LogP contribution is -2.26. The summed E-state index contributed by atoms with van der Waals surface area (Å²) in [6.45, 7) is 0. The lowest BCUT2D eigenvalue weighted by Gasteiger charge is -2.18. The number of hydrogen-bond acceptors (Lipinski definition) is 3. The number of nitrogens with zero attached hydrogens (tertiary/aromatic N) is 2. The largest absolute Gasteiger partial charge is 0.398 e. The number of anilines is 2. The number of hydrogen-bond donors (Lipinski definition) is 1. The van der Waals surface area contributed by atoms with Gasteiger partial charge in [-0.2, -0.15) is 5.26 Å². The summed E-state index contributed by atoms with van der Waals surface area (Å²) in [5.41, 5.74) is 7.49. The Morgan fingerprint density at radius 3 is 2.70 bits per heavy atom. The molecule has 4 nitrogen and oxygen atoms in total. The number of benzene rings is 2. The fourth-order valence-electron chi connectivity index (χ4n) is 1.80. The van der Waals surface area contributed by atoms with Crippen LogP contribution in [0, 0.1) is 11.3 Å². The smallest absolute Gasteiger partial charge is 0.259 e. The molecule has 5 heteroatoms. The molecule has 2 rings (SSSR count).